The van der Waals surface area contributed by atoms with Gasteiger partial charge in [-0.1, -0.05) is 17.5 Å². The van der Waals surface area contributed by atoms with Crippen LogP contribution in [0.3, 0.4) is 0 Å². The van der Waals surface area contributed by atoms with Gasteiger partial charge in [0.15, 0.2) is 0 Å². The lowest BCUT2D eigenvalue weighted by Gasteiger charge is -2.20. The normalized spacial score (nSPS) is 10.6. The van der Waals surface area contributed by atoms with Crippen LogP contribution in [0.5, 0.6) is 0 Å². The molecule has 0 amide bonds. The number of anilines is 1. The number of halogens is 2. The predicted molar refractivity (Wildman–Crippen MR) is 67.0 cm³/mol. The largest absolute Gasteiger partial charge is 0.256 e. The first-order valence-corrected chi connectivity index (χ1v) is 6.91. The fourth-order valence-electron chi connectivity index (χ4n) is 1.22. The molecular formula is C11H11ClFNO2S. The van der Waals surface area contributed by atoms with E-state index in [4.69, 9.17) is 11.6 Å². The van der Waals surface area contributed by atoms with Gasteiger partial charge in [0.05, 0.1) is 18.5 Å². The first-order valence-electron chi connectivity index (χ1n) is 4.68. The van der Waals surface area contributed by atoms with Gasteiger partial charge in [-0.25, -0.2) is 12.8 Å². The Morgan fingerprint density at radius 1 is 1.47 bits per heavy atom. The van der Waals surface area contributed by atoms with Gasteiger partial charge >= 0.3 is 0 Å². The standard InChI is InChI=1S/C11H11ClFNO2S/c1-3-4-7-14(17(2,15)16)11-6-5-9(12)8-10(11)13/h5-6,8H,7H2,1-2H3. The zero-order chi connectivity index (χ0) is 13.1. The zero-order valence-corrected chi connectivity index (χ0v) is 10.9. The van der Waals surface area contributed by atoms with Gasteiger partial charge in [0, 0.05) is 5.02 Å². The molecule has 0 saturated carbocycles. The molecule has 0 heterocycles. The molecule has 0 radical (unpaired) electrons. The smallest absolute Gasteiger partial charge is 0.233 e. The maximum Gasteiger partial charge on any atom is 0.233 e. The highest BCUT2D eigenvalue weighted by Gasteiger charge is 2.19. The molecule has 0 spiro atoms. The summed E-state index contributed by atoms with van der Waals surface area (Å²) in [5.41, 5.74) is -0.0559. The molecule has 6 heteroatoms. The molecule has 0 aliphatic heterocycles. The average molecular weight is 276 g/mol. The van der Waals surface area contributed by atoms with Crippen molar-refractivity contribution >= 4 is 27.3 Å². The molecular weight excluding hydrogens is 265 g/mol. The van der Waals surface area contributed by atoms with E-state index >= 15 is 0 Å². The van der Waals surface area contributed by atoms with Crippen LogP contribution >= 0.6 is 11.6 Å². The second-order valence-corrected chi connectivity index (χ2v) is 5.64. The van der Waals surface area contributed by atoms with Gasteiger partial charge in [0.2, 0.25) is 10.0 Å². The topological polar surface area (TPSA) is 37.4 Å². The van der Waals surface area contributed by atoms with Crippen molar-refractivity contribution in [3.8, 4) is 11.8 Å². The van der Waals surface area contributed by atoms with E-state index < -0.39 is 15.8 Å². The third-order valence-electron chi connectivity index (χ3n) is 1.98. The Labute approximate surface area is 105 Å². The van der Waals surface area contributed by atoms with Crippen molar-refractivity contribution in [1.29, 1.82) is 0 Å². The number of benzene rings is 1. The van der Waals surface area contributed by atoms with E-state index in [1.54, 1.807) is 6.92 Å². The highest BCUT2D eigenvalue weighted by molar-refractivity contribution is 7.92. The third kappa shape index (κ3) is 3.62. The number of nitrogens with zero attached hydrogens (tertiary/aromatic N) is 1. The van der Waals surface area contributed by atoms with E-state index in [0.29, 0.717) is 0 Å². The van der Waals surface area contributed by atoms with E-state index in [9.17, 15) is 12.8 Å². The highest BCUT2D eigenvalue weighted by atomic mass is 35.5. The average Bonchev–Trinajstić information content (AvgIpc) is 2.19. The van der Waals surface area contributed by atoms with Gasteiger partial charge in [-0.2, -0.15) is 0 Å². The molecule has 0 aromatic heterocycles. The molecule has 0 aliphatic carbocycles. The van der Waals surface area contributed by atoms with Crippen molar-refractivity contribution in [2.75, 3.05) is 17.1 Å². The fraction of sp³-hybridized carbons (Fsp3) is 0.273. The summed E-state index contributed by atoms with van der Waals surface area (Å²) in [7, 11) is -3.58. The summed E-state index contributed by atoms with van der Waals surface area (Å²) < 4.78 is 37.6. The molecule has 1 aromatic rings. The summed E-state index contributed by atoms with van der Waals surface area (Å²) in [5.74, 6) is 4.46. The summed E-state index contributed by atoms with van der Waals surface area (Å²) >= 11 is 5.60. The molecule has 92 valence electrons. The van der Waals surface area contributed by atoms with E-state index in [-0.39, 0.29) is 17.3 Å². The summed E-state index contributed by atoms with van der Waals surface area (Å²) in [6, 6.07) is 3.81. The van der Waals surface area contributed by atoms with Gasteiger partial charge in [-0.05, 0) is 25.1 Å². The first kappa shape index (κ1) is 13.8. The Hall–Kier alpha value is -1.25. The molecule has 0 fully saturated rings. The minimum atomic E-state index is -3.58. The summed E-state index contributed by atoms with van der Waals surface area (Å²) in [5, 5.41) is 0.210. The third-order valence-corrected chi connectivity index (χ3v) is 3.34. The van der Waals surface area contributed by atoms with Crippen LogP contribution in [0.15, 0.2) is 18.2 Å². The van der Waals surface area contributed by atoms with Crippen LogP contribution in [0.4, 0.5) is 10.1 Å². The van der Waals surface area contributed by atoms with Crippen LogP contribution in [0.1, 0.15) is 6.92 Å². The molecule has 0 atom stereocenters. The van der Waals surface area contributed by atoms with E-state index in [0.717, 1.165) is 16.6 Å². The predicted octanol–water partition coefficient (Wildman–Crippen LogP) is 2.27. The maximum absolute atomic E-state index is 13.6. The summed E-state index contributed by atoms with van der Waals surface area (Å²) in [6.45, 7) is 1.49. The second-order valence-electron chi connectivity index (χ2n) is 3.29. The van der Waals surface area contributed by atoms with Crippen LogP contribution in [0.2, 0.25) is 5.02 Å². The monoisotopic (exact) mass is 275 g/mol. The van der Waals surface area contributed by atoms with Gasteiger partial charge in [-0.15, -0.1) is 5.92 Å². The summed E-state index contributed by atoms with van der Waals surface area (Å²) in [4.78, 5) is 0. The second kappa shape index (κ2) is 5.39. The quantitative estimate of drug-likeness (QED) is 0.794. The fourth-order valence-corrected chi connectivity index (χ4v) is 2.18. The van der Waals surface area contributed by atoms with Crippen LogP contribution in [0, 0.1) is 17.7 Å². The molecule has 0 unspecified atom stereocenters. The lowest BCUT2D eigenvalue weighted by atomic mass is 10.3. The van der Waals surface area contributed by atoms with Crippen LogP contribution < -0.4 is 4.31 Å². The molecule has 3 nitrogen and oxygen atoms in total. The molecule has 1 aromatic carbocycles. The Morgan fingerprint density at radius 3 is 2.59 bits per heavy atom. The summed E-state index contributed by atoms with van der Waals surface area (Å²) in [6.07, 6.45) is 0.998. The van der Waals surface area contributed by atoms with Gasteiger partial charge < -0.3 is 0 Å². The Balaban J connectivity index is 3.25. The van der Waals surface area contributed by atoms with Crippen molar-refractivity contribution < 1.29 is 12.8 Å². The van der Waals surface area contributed by atoms with Crippen LogP contribution in [-0.4, -0.2) is 21.2 Å². The van der Waals surface area contributed by atoms with Gasteiger partial charge in [-0.3, -0.25) is 4.31 Å². The minimum absolute atomic E-state index is 0.0559. The van der Waals surface area contributed by atoms with E-state index in [1.807, 2.05) is 0 Å². The Kier molecular flexibility index (Phi) is 4.38. The number of hydrogen-bond donors (Lipinski definition) is 0. The minimum Gasteiger partial charge on any atom is -0.256 e. The number of rotatable bonds is 3. The molecule has 0 N–H and O–H groups in total. The lowest BCUT2D eigenvalue weighted by Crippen LogP contribution is -2.31. The van der Waals surface area contributed by atoms with Crippen molar-refractivity contribution in [2.24, 2.45) is 0 Å². The van der Waals surface area contributed by atoms with Crippen LogP contribution in [0.25, 0.3) is 0 Å². The molecule has 0 aliphatic rings. The van der Waals surface area contributed by atoms with E-state index in [1.165, 1.54) is 12.1 Å². The molecule has 17 heavy (non-hydrogen) atoms. The van der Waals surface area contributed by atoms with Gasteiger partial charge in [0.25, 0.3) is 0 Å². The first-order chi connectivity index (χ1) is 7.86. The molecule has 0 bridgehead atoms. The maximum atomic E-state index is 13.6. The van der Waals surface area contributed by atoms with E-state index in [2.05, 4.69) is 11.8 Å². The van der Waals surface area contributed by atoms with Crippen molar-refractivity contribution in [3.63, 3.8) is 0 Å². The lowest BCUT2D eigenvalue weighted by molar-refractivity contribution is 0.593. The number of hydrogen-bond acceptors (Lipinski definition) is 2. The van der Waals surface area contributed by atoms with Crippen LogP contribution in [-0.2, 0) is 10.0 Å². The highest BCUT2D eigenvalue weighted by Crippen LogP contribution is 2.24. The SMILES string of the molecule is CC#CCN(c1ccc(Cl)cc1F)S(C)(=O)=O. The molecule has 1 rings (SSSR count). The Morgan fingerprint density at radius 2 is 2.12 bits per heavy atom. The Bertz CT molecular complexity index is 575. The number of sulfonamides is 1. The van der Waals surface area contributed by atoms with Gasteiger partial charge in [0.1, 0.15) is 5.82 Å². The van der Waals surface area contributed by atoms with Crippen molar-refractivity contribution in [1.82, 2.24) is 0 Å². The van der Waals surface area contributed by atoms with Crippen molar-refractivity contribution in [3.05, 3.63) is 29.0 Å². The van der Waals surface area contributed by atoms with Crippen molar-refractivity contribution in [2.45, 2.75) is 6.92 Å². The molecule has 0 saturated heterocycles. The zero-order valence-electron chi connectivity index (χ0n) is 9.37.